The van der Waals surface area contributed by atoms with E-state index in [9.17, 15) is 14.0 Å². The van der Waals surface area contributed by atoms with E-state index in [0.717, 1.165) is 0 Å². The predicted molar refractivity (Wildman–Crippen MR) is 78.9 cm³/mol. The fraction of sp³-hybridized carbons (Fsp3) is 0.0667. The normalized spacial score (nSPS) is 10.1. The van der Waals surface area contributed by atoms with Gasteiger partial charge in [0.05, 0.1) is 16.3 Å². The van der Waals surface area contributed by atoms with E-state index < -0.39 is 17.7 Å². The average molecular weight is 324 g/mol. The number of rotatable bonds is 5. The molecule has 0 aliphatic carbocycles. The van der Waals surface area contributed by atoms with Crippen LogP contribution in [0.25, 0.3) is 0 Å². The van der Waals surface area contributed by atoms with E-state index in [-0.39, 0.29) is 28.6 Å². The van der Waals surface area contributed by atoms with Crippen LogP contribution in [0, 0.1) is 5.82 Å². The molecule has 0 atom stereocenters. The molecule has 0 aliphatic rings. The summed E-state index contributed by atoms with van der Waals surface area (Å²) in [6, 6.07) is 9.60. The van der Waals surface area contributed by atoms with Gasteiger partial charge in [-0.25, -0.2) is 9.18 Å². The molecule has 0 aliphatic heterocycles. The molecule has 0 fully saturated rings. The molecule has 0 aromatic heterocycles. The first-order valence-corrected chi connectivity index (χ1v) is 6.55. The Labute approximate surface area is 130 Å². The van der Waals surface area contributed by atoms with E-state index in [0.29, 0.717) is 0 Å². The molecule has 2 aromatic rings. The van der Waals surface area contributed by atoms with Gasteiger partial charge in [-0.2, -0.15) is 0 Å². The summed E-state index contributed by atoms with van der Waals surface area (Å²) in [5.74, 6) is -2.08. The van der Waals surface area contributed by atoms with Gasteiger partial charge in [-0.3, -0.25) is 4.79 Å². The smallest absolute Gasteiger partial charge is 0.335 e. The van der Waals surface area contributed by atoms with Crippen LogP contribution >= 0.6 is 11.6 Å². The monoisotopic (exact) mass is 323 g/mol. The third kappa shape index (κ3) is 3.95. The summed E-state index contributed by atoms with van der Waals surface area (Å²) in [5, 5.41) is 11.2. The second kappa shape index (κ2) is 6.91. The number of carbonyl (C=O) groups is 2. The first-order valence-electron chi connectivity index (χ1n) is 6.17. The third-order valence-corrected chi connectivity index (χ3v) is 2.98. The van der Waals surface area contributed by atoms with Crippen LogP contribution < -0.4 is 10.1 Å². The molecule has 0 saturated carbocycles. The molecule has 2 rings (SSSR count). The van der Waals surface area contributed by atoms with E-state index >= 15 is 0 Å². The van der Waals surface area contributed by atoms with Crippen LogP contribution in [0.3, 0.4) is 0 Å². The van der Waals surface area contributed by atoms with Crippen molar-refractivity contribution >= 4 is 29.2 Å². The zero-order valence-electron chi connectivity index (χ0n) is 11.2. The lowest BCUT2D eigenvalue weighted by atomic mass is 10.2. The van der Waals surface area contributed by atoms with Crippen molar-refractivity contribution in [2.45, 2.75) is 0 Å². The van der Waals surface area contributed by atoms with Crippen molar-refractivity contribution in [3.63, 3.8) is 0 Å². The number of amides is 1. The lowest BCUT2D eigenvalue weighted by molar-refractivity contribution is -0.118. The van der Waals surface area contributed by atoms with Crippen LogP contribution in [-0.4, -0.2) is 23.6 Å². The molecule has 0 unspecified atom stereocenters. The van der Waals surface area contributed by atoms with Crippen LogP contribution in [0.15, 0.2) is 42.5 Å². The number of carboxylic acids is 1. The number of hydrogen-bond donors (Lipinski definition) is 2. The second-order valence-corrected chi connectivity index (χ2v) is 4.67. The molecule has 0 heterocycles. The molecule has 0 saturated heterocycles. The van der Waals surface area contributed by atoms with E-state index in [1.54, 1.807) is 6.07 Å². The largest absolute Gasteiger partial charge is 0.482 e. The highest BCUT2D eigenvalue weighted by Crippen LogP contribution is 2.25. The number of halogens is 2. The Morgan fingerprint density at radius 1 is 1.23 bits per heavy atom. The van der Waals surface area contributed by atoms with Gasteiger partial charge in [-0.05, 0) is 30.3 Å². The highest BCUT2D eigenvalue weighted by Gasteiger charge is 2.11. The number of hydrogen-bond acceptors (Lipinski definition) is 3. The quantitative estimate of drug-likeness (QED) is 0.886. The summed E-state index contributed by atoms with van der Waals surface area (Å²) in [4.78, 5) is 22.5. The Hall–Kier alpha value is -2.60. The van der Waals surface area contributed by atoms with E-state index in [4.69, 9.17) is 21.4 Å². The van der Waals surface area contributed by atoms with Gasteiger partial charge in [0.1, 0.15) is 11.6 Å². The van der Waals surface area contributed by atoms with Gasteiger partial charge >= 0.3 is 5.97 Å². The molecule has 5 nitrogen and oxygen atoms in total. The summed E-state index contributed by atoms with van der Waals surface area (Å²) < 4.78 is 18.6. The summed E-state index contributed by atoms with van der Waals surface area (Å²) in [6.07, 6.45) is 0. The maximum atomic E-state index is 13.4. The van der Waals surface area contributed by atoms with Crippen LogP contribution in [-0.2, 0) is 4.79 Å². The molecule has 2 aromatic carbocycles. The SMILES string of the molecule is O=C(COc1ccc(C(=O)O)cc1Cl)Nc1ccccc1F. The van der Waals surface area contributed by atoms with Gasteiger partial charge in [0.2, 0.25) is 0 Å². The van der Waals surface area contributed by atoms with Crippen LogP contribution in [0.1, 0.15) is 10.4 Å². The van der Waals surface area contributed by atoms with Crippen LogP contribution in [0.4, 0.5) is 10.1 Å². The molecule has 22 heavy (non-hydrogen) atoms. The zero-order chi connectivity index (χ0) is 16.1. The Morgan fingerprint density at radius 2 is 1.95 bits per heavy atom. The lowest BCUT2D eigenvalue weighted by Crippen LogP contribution is -2.20. The lowest BCUT2D eigenvalue weighted by Gasteiger charge is -2.09. The first-order chi connectivity index (χ1) is 10.5. The molecule has 0 bridgehead atoms. The van der Waals surface area contributed by atoms with Crippen LogP contribution in [0.2, 0.25) is 5.02 Å². The fourth-order valence-electron chi connectivity index (χ4n) is 1.64. The number of nitrogens with one attached hydrogen (secondary N) is 1. The van der Waals surface area contributed by atoms with E-state index in [1.807, 2.05) is 0 Å². The molecular weight excluding hydrogens is 313 g/mol. The molecule has 1 amide bonds. The van der Waals surface area contributed by atoms with Crippen molar-refractivity contribution in [1.82, 2.24) is 0 Å². The number of anilines is 1. The van der Waals surface area contributed by atoms with Crippen molar-refractivity contribution in [3.8, 4) is 5.75 Å². The second-order valence-electron chi connectivity index (χ2n) is 4.27. The average Bonchev–Trinajstić information content (AvgIpc) is 2.48. The Morgan fingerprint density at radius 3 is 2.59 bits per heavy atom. The number of carbonyl (C=O) groups excluding carboxylic acids is 1. The van der Waals surface area contributed by atoms with E-state index in [2.05, 4.69) is 5.32 Å². The molecular formula is C15H11ClFNO4. The minimum atomic E-state index is -1.12. The Kier molecular flexibility index (Phi) is 4.95. The standard InChI is InChI=1S/C15H11ClFNO4/c16-10-7-9(15(20)21)5-6-13(10)22-8-14(19)18-12-4-2-1-3-11(12)17/h1-7H,8H2,(H,18,19)(H,20,21). The third-order valence-electron chi connectivity index (χ3n) is 2.69. The van der Waals surface area contributed by atoms with Gasteiger partial charge < -0.3 is 15.2 Å². The maximum absolute atomic E-state index is 13.4. The van der Waals surface area contributed by atoms with Gasteiger partial charge in [-0.15, -0.1) is 0 Å². The number of carboxylic acid groups (broad SMARTS) is 1. The number of benzene rings is 2. The number of aromatic carboxylic acids is 1. The van der Waals surface area contributed by atoms with Crippen molar-refractivity contribution in [2.24, 2.45) is 0 Å². The van der Waals surface area contributed by atoms with Gasteiger partial charge in [0, 0.05) is 0 Å². The van der Waals surface area contributed by atoms with Crippen molar-refractivity contribution in [2.75, 3.05) is 11.9 Å². The summed E-state index contributed by atoms with van der Waals surface area (Å²) in [7, 11) is 0. The molecule has 0 spiro atoms. The fourth-order valence-corrected chi connectivity index (χ4v) is 1.88. The van der Waals surface area contributed by atoms with Gasteiger partial charge in [0.15, 0.2) is 6.61 Å². The highest BCUT2D eigenvalue weighted by atomic mass is 35.5. The van der Waals surface area contributed by atoms with Crippen molar-refractivity contribution in [3.05, 3.63) is 58.9 Å². The first kappa shape index (κ1) is 15.8. The maximum Gasteiger partial charge on any atom is 0.335 e. The minimum Gasteiger partial charge on any atom is -0.482 e. The molecule has 0 radical (unpaired) electrons. The molecule has 114 valence electrons. The van der Waals surface area contributed by atoms with Crippen molar-refractivity contribution in [1.29, 1.82) is 0 Å². The molecule has 2 N–H and O–H groups in total. The minimum absolute atomic E-state index is 0.00755. The van der Waals surface area contributed by atoms with Crippen molar-refractivity contribution < 1.29 is 23.8 Å². The van der Waals surface area contributed by atoms with Gasteiger partial charge in [-0.1, -0.05) is 23.7 Å². The number of para-hydroxylation sites is 1. The zero-order valence-corrected chi connectivity index (χ0v) is 11.9. The summed E-state index contributed by atoms with van der Waals surface area (Å²) in [5.41, 5.74) is 0.0524. The highest BCUT2D eigenvalue weighted by molar-refractivity contribution is 6.32. The summed E-state index contributed by atoms with van der Waals surface area (Å²) in [6.45, 7) is -0.388. The Bertz CT molecular complexity index is 720. The molecule has 7 heteroatoms. The number of ether oxygens (including phenoxy) is 1. The topological polar surface area (TPSA) is 75.6 Å². The van der Waals surface area contributed by atoms with E-state index in [1.165, 1.54) is 36.4 Å². The Balaban J connectivity index is 1.97. The summed E-state index contributed by atoms with van der Waals surface area (Å²) >= 11 is 5.86. The predicted octanol–water partition coefficient (Wildman–Crippen LogP) is 3.19. The van der Waals surface area contributed by atoms with Crippen LogP contribution in [0.5, 0.6) is 5.75 Å². The van der Waals surface area contributed by atoms with Gasteiger partial charge in [0.25, 0.3) is 5.91 Å².